The number of aromatic nitrogens is 2. The molecule has 0 spiro atoms. The molecule has 1 aromatic carbocycles. The second kappa shape index (κ2) is 5.83. The van der Waals surface area contributed by atoms with Crippen LogP contribution in [0.1, 0.15) is 11.9 Å². The molecule has 1 aliphatic rings. The van der Waals surface area contributed by atoms with E-state index in [2.05, 4.69) is 32.3 Å². The molecule has 6 heteroatoms. The predicted molar refractivity (Wildman–Crippen MR) is 91.6 cm³/mol. The number of piperazine rings is 1. The topological polar surface area (TPSA) is 41.1 Å². The SMILES string of the molecule is ClC1CN(c2ccccc2)CC(c2ncc3ccsc3n2)N1. The molecule has 0 bridgehead atoms. The molecule has 2 atom stereocenters. The van der Waals surface area contributed by atoms with Gasteiger partial charge in [-0.25, -0.2) is 9.97 Å². The lowest BCUT2D eigenvalue weighted by molar-refractivity contribution is 0.429. The summed E-state index contributed by atoms with van der Waals surface area (Å²) >= 11 is 8.04. The fourth-order valence-corrected chi connectivity index (χ4v) is 3.82. The summed E-state index contributed by atoms with van der Waals surface area (Å²) in [7, 11) is 0. The number of rotatable bonds is 2. The normalized spacial score (nSPS) is 22.1. The third kappa shape index (κ3) is 2.67. The van der Waals surface area contributed by atoms with Gasteiger partial charge in [0.05, 0.1) is 6.04 Å². The molecule has 1 saturated heterocycles. The number of alkyl halides is 1. The molecule has 0 radical (unpaired) electrons. The molecular formula is C16H15ClN4S. The number of anilines is 1. The zero-order valence-corrected chi connectivity index (χ0v) is 13.4. The van der Waals surface area contributed by atoms with Gasteiger partial charge in [0.1, 0.15) is 16.2 Å². The van der Waals surface area contributed by atoms with Gasteiger partial charge < -0.3 is 4.90 Å². The van der Waals surface area contributed by atoms with E-state index in [9.17, 15) is 0 Å². The van der Waals surface area contributed by atoms with E-state index in [1.165, 1.54) is 5.69 Å². The minimum atomic E-state index is -0.124. The summed E-state index contributed by atoms with van der Waals surface area (Å²) in [5.41, 5.74) is 1.05. The van der Waals surface area contributed by atoms with E-state index in [1.54, 1.807) is 11.3 Å². The van der Waals surface area contributed by atoms with Crippen molar-refractivity contribution in [1.82, 2.24) is 15.3 Å². The fraction of sp³-hybridized carbons (Fsp3) is 0.250. The van der Waals surface area contributed by atoms with Crippen molar-refractivity contribution in [1.29, 1.82) is 0 Å². The van der Waals surface area contributed by atoms with Crippen LogP contribution >= 0.6 is 22.9 Å². The Morgan fingerprint density at radius 2 is 2.05 bits per heavy atom. The van der Waals surface area contributed by atoms with Crippen molar-refractivity contribution in [2.75, 3.05) is 18.0 Å². The summed E-state index contributed by atoms with van der Waals surface area (Å²) in [5.74, 6) is 0.807. The van der Waals surface area contributed by atoms with Crippen LogP contribution in [-0.2, 0) is 0 Å². The van der Waals surface area contributed by atoms with Gasteiger partial charge in [0, 0.05) is 30.4 Å². The van der Waals surface area contributed by atoms with Gasteiger partial charge in [0.2, 0.25) is 0 Å². The van der Waals surface area contributed by atoms with Crippen LogP contribution in [0, 0.1) is 0 Å². The van der Waals surface area contributed by atoms with Crippen molar-refractivity contribution in [3.8, 4) is 0 Å². The molecule has 0 aliphatic carbocycles. The highest BCUT2D eigenvalue weighted by atomic mass is 35.5. The Bertz CT molecular complexity index is 776. The summed E-state index contributed by atoms with van der Waals surface area (Å²) in [4.78, 5) is 12.5. The van der Waals surface area contributed by atoms with Crippen molar-refractivity contribution < 1.29 is 0 Å². The van der Waals surface area contributed by atoms with Crippen molar-refractivity contribution in [2.24, 2.45) is 0 Å². The Morgan fingerprint density at radius 1 is 1.18 bits per heavy atom. The van der Waals surface area contributed by atoms with E-state index in [1.807, 2.05) is 35.8 Å². The summed E-state index contributed by atoms with van der Waals surface area (Å²) in [6.45, 7) is 1.58. The monoisotopic (exact) mass is 330 g/mol. The van der Waals surface area contributed by atoms with Crippen LogP contribution in [0.15, 0.2) is 48.0 Å². The molecule has 0 saturated carbocycles. The molecule has 3 aromatic rings. The molecule has 4 nitrogen and oxygen atoms in total. The molecule has 0 amide bonds. The number of hydrogen-bond acceptors (Lipinski definition) is 5. The number of para-hydroxylation sites is 1. The van der Waals surface area contributed by atoms with Crippen LogP contribution in [0.2, 0.25) is 0 Å². The second-order valence-corrected chi connectivity index (χ2v) is 6.76. The molecule has 3 heterocycles. The van der Waals surface area contributed by atoms with Crippen molar-refractivity contribution in [3.63, 3.8) is 0 Å². The molecule has 1 fully saturated rings. The van der Waals surface area contributed by atoms with Crippen LogP contribution < -0.4 is 10.2 Å². The quantitative estimate of drug-likeness (QED) is 0.577. The number of benzene rings is 1. The first-order valence-electron chi connectivity index (χ1n) is 7.20. The first-order chi connectivity index (χ1) is 10.8. The van der Waals surface area contributed by atoms with Crippen LogP contribution in [0.5, 0.6) is 0 Å². The van der Waals surface area contributed by atoms with Crippen LogP contribution in [0.3, 0.4) is 0 Å². The Hall–Kier alpha value is -1.69. The second-order valence-electron chi connectivity index (χ2n) is 5.34. The number of hydrogen-bond donors (Lipinski definition) is 1. The predicted octanol–water partition coefficient (Wildman–Crippen LogP) is 3.41. The third-order valence-corrected chi connectivity index (χ3v) is 4.91. The number of halogens is 1. The van der Waals surface area contributed by atoms with E-state index in [0.717, 1.165) is 29.1 Å². The van der Waals surface area contributed by atoms with Crippen molar-refractivity contribution in [3.05, 3.63) is 53.8 Å². The smallest absolute Gasteiger partial charge is 0.148 e. The number of nitrogens with zero attached hydrogens (tertiary/aromatic N) is 3. The van der Waals surface area contributed by atoms with E-state index in [0.29, 0.717) is 0 Å². The summed E-state index contributed by atoms with van der Waals surface area (Å²) in [6, 6.07) is 12.4. The zero-order chi connectivity index (χ0) is 14.9. The lowest BCUT2D eigenvalue weighted by Crippen LogP contribution is -2.50. The van der Waals surface area contributed by atoms with E-state index < -0.39 is 0 Å². The van der Waals surface area contributed by atoms with Gasteiger partial charge >= 0.3 is 0 Å². The third-order valence-electron chi connectivity index (χ3n) is 3.82. The maximum Gasteiger partial charge on any atom is 0.148 e. The first kappa shape index (κ1) is 13.9. The number of thiophene rings is 1. The molecular weight excluding hydrogens is 316 g/mol. The molecule has 22 heavy (non-hydrogen) atoms. The Labute approximate surface area is 137 Å². The number of fused-ring (bicyclic) bond motifs is 1. The number of nitrogens with one attached hydrogen (secondary N) is 1. The van der Waals surface area contributed by atoms with Gasteiger partial charge in [0.15, 0.2) is 0 Å². The van der Waals surface area contributed by atoms with Gasteiger partial charge in [0.25, 0.3) is 0 Å². The van der Waals surface area contributed by atoms with Gasteiger partial charge in [-0.15, -0.1) is 22.9 Å². The first-order valence-corrected chi connectivity index (χ1v) is 8.51. The Kier molecular flexibility index (Phi) is 3.70. The molecule has 2 aromatic heterocycles. The van der Waals surface area contributed by atoms with E-state index >= 15 is 0 Å². The lowest BCUT2D eigenvalue weighted by atomic mass is 10.1. The highest BCUT2D eigenvalue weighted by Gasteiger charge is 2.28. The van der Waals surface area contributed by atoms with E-state index in [4.69, 9.17) is 11.6 Å². The van der Waals surface area contributed by atoms with E-state index in [-0.39, 0.29) is 11.5 Å². The van der Waals surface area contributed by atoms with Crippen molar-refractivity contribution >= 4 is 38.8 Å². The van der Waals surface area contributed by atoms with Gasteiger partial charge in [-0.1, -0.05) is 18.2 Å². The summed E-state index contributed by atoms with van der Waals surface area (Å²) in [5, 5.41) is 6.52. The Balaban J connectivity index is 1.63. The molecule has 1 N–H and O–H groups in total. The lowest BCUT2D eigenvalue weighted by Gasteiger charge is -2.37. The highest BCUT2D eigenvalue weighted by molar-refractivity contribution is 7.16. The summed E-state index contributed by atoms with van der Waals surface area (Å²) in [6.07, 6.45) is 1.89. The van der Waals surface area contributed by atoms with Crippen LogP contribution in [0.25, 0.3) is 10.2 Å². The zero-order valence-electron chi connectivity index (χ0n) is 11.8. The average Bonchev–Trinajstić information content (AvgIpc) is 3.02. The van der Waals surface area contributed by atoms with Gasteiger partial charge in [-0.3, -0.25) is 5.32 Å². The molecule has 1 aliphatic heterocycles. The summed E-state index contributed by atoms with van der Waals surface area (Å²) < 4.78 is 0. The highest BCUT2D eigenvalue weighted by Crippen LogP contribution is 2.25. The van der Waals surface area contributed by atoms with Crippen LogP contribution in [0.4, 0.5) is 5.69 Å². The maximum absolute atomic E-state index is 6.40. The minimum absolute atomic E-state index is 0.0305. The maximum atomic E-state index is 6.40. The van der Waals surface area contributed by atoms with Gasteiger partial charge in [-0.05, 0) is 23.6 Å². The molecule has 112 valence electrons. The Morgan fingerprint density at radius 3 is 2.91 bits per heavy atom. The molecule has 4 rings (SSSR count). The van der Waals surface area contributed by atoms with Crippen LogP contribution in [-0.4, -0.2) is 28.6 Å². The average molecular weight is 331 g/mol. The van der Waals surface area contributed by atoms with Crippen molar-refractivity contribution in [2.45, 2.75) is 11.5 Å². The molecule has 2 unspecified atom stereocenters. The standard InChI is InChI=1S/C16H15ClN4S/c17-14-10-21(12-4-2-1-3-5-12)9-13(19-14)15-18-8-11-6-7-22-16(11)20-15/h1-8,13-14,19H,9-10H2. The fourth-order valence-electron chi connectivity index (χ4n) is 2.75. The minimum Gasteiger partial charge on any atom is -0.367 e. The van der Waals surface area contributed by atoms with Gasteiger partial charge in [-0.2, -0.15) is 0 Å². The largest absolute Gasteiger partial charge is 0.367 e.